The number of rotatable bonds is 7. The molecule has 3 aromatic heterocycles. The number of thiophene rings is 1. The third kappa shape index (κ3) is 4.26. The Hall–Kier alpha value is -3.06. The van der Waals surface area contributed by atoms with E-state index in [1.54, 1.807) is 24.6 Å². The molecule has 0 saturated carbocycles. The van der Waals surface area contributed by atoms with E-state index in [0.717, 1.165) is 36.0 Å². The van der Waals surface area contributed by atoms with Crippen LogP contribution in [0.1, 0.15) is 12.1 Å². The zero-order chi connectivity index (χ0) is 19.2. The van der Waals surface area contributed by atoms with Gasteiger partial charge in [-0.1, -0.05) is 24.3 Å². The van der Waals surface area contributed by atoms with E-state index in [1.165, 1.54) is 10.9 Å². The van der Waals surface area contributed by atoms with Gasteiger partial charge in [0.1, 0.15) is 6.26 Å². The number of nitrogens with one attached hydrogen (secondary N) is 2. The fourth-order valence-corrected chi connectivity index (χ4v) is 3.74. The van der Waals surface area contributed by atoms with E-state index in [0.29, 0.717) is 12.4 Å². The molecule has 6 nitrogen and oxygen atoms in total. The molecule has 7 heteroatoms. The molecule has 2 N–H and O–H groups in total. The van der Waals surface area contributed by atoms with Crippen LogP contribution in [-0.2, 0) is 13.1 Å². The summed E-state index contributed by atoms with van der Waals surface area (Å²) in [5, 5.41) is 9.93. The van der Waals surface area contributed by atoms with Crippen molar-refractivity contribution in [1.82, 2.24) is 20.2 Å². The number of para-hydroxylation sites is 1. The Labute approximate surface area is 167 Å². The topological polar surface area (TPSA) is 67.4 Å². The minimum Gasteiger partial charge on any atom is -0.443 e. The predicted octanol–water partition coefficient (Wildman–Crippen LogP) is 4.11. The minimum atomic E-state index is 0.566. The molecule has 1 aromatic carbocycles. The number of fused-ring (bicyclic) bond motifs is 1. The van der Waals surface area contributed by atoms with Gasteiger partial charge in [0.15, 0.2) is 5.96 Å². The number of aliphatic imine (C=N–C) groups is 1. The average Bonchev–Trinajstić information content (AvgIpc) is 3.48. The van der Waals surface area contributed by atoms with Crippen molar-refractivity contribution in [2.24, 2.45) is 4.99 Å². The highest BCUT2D eigenvalue weighted by Crippen LogP contribution is 2.23. The molecule has 28 heavy (non-hydrogen) atoms. The summed E-state index contributed by atoms with van der Waals surface area (Å²) in [5.41, 5.74) is 2.13. The molecule has 0 atom stereocenters. The van der Waals surface area contributed by atoms with Crippen LogP contribution in [0.25, 0.3) is 21.7 Å². The molecule has 4 aromatic rings. The summed E-state index contributed by atoms with van der Waals surface area (Å²) < 4.78 is 7.83. The summed E-state index contributed by atoms with van der Waals surface area (Å²) >= 11 is 1.62. The number of aryl methyl sites for hydroxylation is 1. The lowest BCUT2D eigenvalue weighted by Gasteiger charge is -2.11. The van der Waals surface area contributed by atoms with Gasteiger partial charge in [-0.2, -0.15) is 0 Å². The van der Waals surface area contributed by atoms with Gasteiger partial charge in [-0.3, -0.25) is 4.99 Å². The fourth-order valence-electron chi connectivity index (χ4n) is 3.09. The molecular weight excluding hydrogens is 370 g/mol. The van der Waals surface area contributed by atoms with E-state index in [4.69, 9.17) is 4.42 Å². The molecule has 4 rings (SSSR count). The zero-order valence-corrected chi connectivity index (χ0v) is 16.6. The Balaban J connectivity index is 1.23. The van der Waals surface area contributed by atoms with Crippen LogP contribution in [0.3, 0.4) is 0 Å². The maximum Gasteiger partial charge on any atom is 0.236 e. The van der Waals surface area contributed by atoms with E-state index in [-0.39, 0.29) is 0 Å². The monoisotopic (exact) mass is 393 g/mol. The lowest BCUT2D eigenvalue weighted by Crippen LogP contribution is -2.37. The zero-order valence-electron chi connectivity index (χ0n) is 15.8. The van der Waals surface area contributed by atoms with Gasteiger partial charge in [-0.15, -0.1) is 11.3 Å². The molecule has 0 spiro atoms. The molecule has 0 amide bonds. The maximum absolute atomic E-state index is 5.55. The molecule has 0 aliphatic heterocycles. The Morgan fingerprint density at radius 2 is 2.11 bits per heavy atom. The van der Waals surface area contributed by atoms with Crippen molar-refractivity contribution in [3.05, 3.63) is 66.0 Å². The fraction of sp³-hybridized carbons (Fsp3) is 0.238. The van der Waals surface area contributed by atoms with Crippen molar-refractivity contribution in [3.63, 3.8) is 0 Å². The van der Waals surface area contributed by atoms with Crippen molar-refractivity contribution in [2.45, 2.75) is 19.5 Å². The van der Waals surface area contributed by atoms with E-state index in [1.807, 2.05) is 17.5 Å². The molecule has 0 aliphatic rings. The largest absolute Gasteiger partial charge is 0.443 e. The van der Waals surface area contributed by atoms with Gasteiger partial charge in [-0.05, 0) is 35.4 Å². The van der Waals surface area contributed by atoms with Gasteiger partial charge >= 0.3 is 0 Å². The number of guanidine groups is 1. The van der Waals surface area contributed by atoms with Gasteiger partial charge in [0.2, 0.25) is 5.89 Å². The maximum atomic E-state index is 5.55. The highest BCUT2D eigenvalue weighted by molar-refractivity contribution is 7.13. The van der Waals surface area contributed by atoms with Crippen LogP contribution >= 0.6 is 11.3 Å². The number of aromatic nitrogens is 2. The number of oxazole rings is 1. The number of benzene rings is 1. The van der Waals surface area contributed by atoms with Gasteiger partial charge in [0.25, 0.3) is 0 Å². The summed E-state index contributed by atoms with van der Waals surface area (Å²) in [4.78, 5) is 9.82. The number of hydrogen-bond acceptors (Lipinski definition) is 4. The smallest absolute Gasteiger partial charge is 0.236 e. The molecule has 0 radical (unpaired) electrons. The van der Waals surface area contributed by atoms with Crippen molar-refractivity contribution in [3.8, 4) is 10.8 Å². The quantitative estimate of drug-likeness (QED) is 0.282. The van der Waals surface area contributed by atoms with Gasteiger partial charge < -0.3 is 19.6 Å². The van der Waals surface area contributed by atoms with Crippen molar-refractivity contribution in [2.75, 3.05) is 13.6 Å². The molecule has 3 heterocycles. The third-order valence-electron chi connectivity index (χ3n) is 4.49. The minimum absolute atomic E-state index is 0.566. The highest BCUT2D eigenvalue weighted by atomic mass is 32.1. The SMILES string of the molecule is CN=C(NCCCn1ccc2ccccc21)NCc1coc(-c2cccs2)n1. The second kappa shape index (κ2) is 8.75. The second-order valence-electron chi connectivity index (χ2n) is 6.40. The summed E-state index contributed by atoms with van der Waals surface area (Å²) in [6, 6.07) is 14.6. The van der Waals surface area contributed by atoms with Gasteiger partial charge in [0, 0.05) is 31.9 Å². The van der Waals surface area contributed by atoms with Crippen LogP contribution in [0.5, 0.6) is 0 Å². The standard InChI is InChI=1S/C21H23N5OS/c1-22-21(24-14-17-15-27-20(25-17)19-8-4-13-28-19)23-10-5-11-26-12-9-16-6-2-3-7-18(16)26/h2-4,6-9,12-13,15H,5,10-11,14H2,1H3,(H2,22,23,24). The summed E-state index contributed by atoms with van der Waals surface area (Å²) in [5.74, 6) is 1.42. The number of hydrogen-bond donors (Lipinski definition) is 2. The van der Waals surface area contributed by atoms with Crippen LogP contribution in [0.15, 0.2) is 69.7 Å². The molecule has 0 saturated heterocycles. The third-order valence-corrected chi connectivity index (χ3v) is 5.35. The van der Waals surface area contributed by atoms with E-state index in [2.05, 4.69) is 61.7 Å². The number of nitrogens with zero attached hydrogens (tertiary/aromatic N) is 3. The van der Waals surface area contributed by atoms with Crippen molar-refractivity contribution in [1.29, 1.82) is 0 Å². The van der Waals surface area contributed by atoms with Crippen LogP contribution in [0.2, 0.25) is 0 Å². The summed E-state index contributed by atoms with van der Waals surface area (Å²) in [6.07, 6.45) is 4.84. The predicted molar refractivity (Wildman–Crippen MR) is 115 cm³/mol. The highest BCUT2D eigenvalue weighted by Gasteiger charge is 2.08. The van der Waals surface area contributed by atoms with Crippen LogP contribution < -0.4 is 10.6 Å². The Morgan fingerprint density at radius 3 is 2.96 bits per heavy atom. The average molecular weight is 394 g/mol. The Bertz CT molecular complexity index is 1050. The van der Waals surface area contributed by atoms with Crippen LogP contribution in [-0.4, -0.2) is 29.1 Å². The van der Waals surface area contributed by atoms with E-state index >= 15 is 0 Å². The first kappa shape index (κ1) is 18.3. The van der Waals surface area contributed by atoms with E-state index in [9.17, 15) is 0 Å². The molecule has 0 bridgehead atoms. The van der Waals surface area contributed by atoms with Crippen LogP contribution in [0, 0.1) is 0 Å². The molecule has 0 aliphatic carbocycles. The van der Waals surface area contributed by atoms with Gasteiger partial charge in [0.05, 0.1) is 17.1 Å². The van der Waals surface area contributed by atoms with Crippen LogP contribution in [0.4, 0.5) is 0 Å². The second-order valence-corrected chi connectivity index (χ2v) is 7.34. The first-order valence-corrected chi connectivity index (χ1v) is 10.2. The summed E-state index contributed by atoms with van der Waals surface area (Å²) in [7, 11) is 1.77. The Kier molecular flexibility index (Phi) is 5.72. The lowest BCUT2D eigenvalue weighted by molar-refractivity contribution is 0.573. The Morgan fingerprint density at radius 1 is 1.18 bits per heavy atom. The first-order valence-electron chi connectivity index (χ1n) is 9.30. The van der Waals surface area contributed by atoms with E-state index < -0.39 is 0 Å². The first-order chi connectivity index (χ1) is 13.8. The van der Waals surface area contributed by atoms with Crippen molar-refractivity contribution < 1.29 is 4.42 Å². The molecular formula is C21H23N5OS. The molecule has 0 unspecified atom stereocenters. The van der Waals surface area contributed by atoms with Gasteiger partial charge in [-0.25, -0.2) is 4.98 Å². The molecule has 144 valence electrons. The molecule has 0 fully saturated rings. The van der Waals surface area contributed by atoms with Crippen molar-refractivity contribution >= 4 is 28.2 Å². The lowest BCUT2D eigenvalue weighted by atomic mass is 10.2. The summed E-state index contributed by atoms with van der Waals surface area (Å²) in [6.45, 7) is 2.37. The normalized spacial score (nSPS) is 11.8.